The van der Waals surface area contributed by atoms with E-state index >= 15 is 0 Å². The molecule has 0 bridgehead atoms. The van der Waals surface area contributed by atoms with Crippen molar-refractivity contribution in [3.63, 3.8) is 0 Å². The molecule has 2 N–H and O–H groups in total. The van der Waals surface area contributed by atoms with Crippen molar-refractivity contribution in [1.82, 2.24) is 19.9 Å². The Morgan fingerprint density at radius 3 is 2.61 bits per heavy atom. The first-order valence-electron chi connectivity index (χ1n) is 5.32. The van der Waals surface area contributed by atoms with Gasteiger partial charge in [0.05, 0.1) is 17.9 Å². The molecule has 0 amide bonds. The molecule has 2 heterocycles. The molecule has 6 nitrogen and oxygen atoms in total. The molecular weight excluding hydrogens is 272 g/mol. The quantitative estimate of drug-likeness (QED) is 0.886. The molecule has 0 radical (unpaired) electrons. The molecule has 0 fully saturated rings. The third-order valence-corrected chi connectivity index (χ3v) is 4.99. The summed E-state index contributed by atoms with van der Waals surface area (Å²) in [5.41, 5.74) is 1.01. The van der Waals surface area contributed by atoms with Crippen LogP contribution in [0.2, 0.25) is 0 Å². The molecule has 2 aromatic rings. The van der Waals surface area contributed by atoms with Crippen molar-refractivity contribution in [2.24, 2.45) is 0 Å². The number of hydrogen-bond acceptors (Lipinski definition) is 5. The lowest BCUT2D eigenvalue weighted by Crippen LogP contribution is -2.24. The minimum Gasteiger partial charge on any atom is -0.281 e. The molecule has 0 aromatic carbocycles. The number of thiazole rings is 1. The SMILES string of the molecule is Cc1cnc(CNS(=O)(=O)c2c(C)n[nH]c2C)s1. The van der Waals surface area contributed by atoms with Gasteiger partial charge in [-0.2, -0.15) is 5.10 Å². The number of nitrogens with one attached hydrogen (secondary N) is 2. The first kappa shape index (κ1) is 13.2. The highest BCUT2D eigenvalue weighted by molar-refractivity contribution is 7.89. The molecule has 0 saturated heterocycles. The molecule has 18 heavy (non-hydrogen) atoms. The van der Waals surface area contributed by atoms with E-state index in [9.17, 15) is 8.42 Å². The Morgan fingerprint density at radius 2 is 2.11 bits per heavy atom. The maximum Gasteiger partial charge on any atom is 0.244 e. The van der Waals surface area contributed by atoms with Gasteiger partial charge in [0.15, 0.2) is 0 Å². The van der Waals surface area contributed by atoms with E-state index in [1.807, 2.05) is 6.92 Å². The van der Waals surface area contributed by atoms with Crippen LogP contribution < -0.4 is 4.72 Å². The average Bonchev–Trinajstić information content (AvgIpc) is 2.83. The molecule has 98 valence electrons. The van der Waals surface area contributed by atoms with E-state index in [2.05, 4.69) is 19.9 Å². The fourth-order valence-corrected chi connectivity index (χ4v) is 3.82. The molecule has 2 rings (SSSR count). The average molecular weight is 286 g/mol. The fraction of sp³-hybridized carbons (Fsp3) is 0.400. The van der Waals surface area contributed by atoms with Crippen LogP contribution in [0.3, 0.4) is 0 Å². The Kier molecular flexibility index (Phi) is 3.51. The van der Waals surface area contributed by atoms with E-state index in [1.54, 1.807) is 20.0 Å². The summed E-state index contributed by atoms with van der Waals surface area (Å²) < 4.78 is 26.8. The van der Waals surface area contributed by atoms with Crippen molar-refractivity contribution < 1.29 is 8.42 Å². The zero-order valence-electron chi connectivity index (χ0n) is 10.3. The van der Waals surface area contributed by atoms with Crippen molar-refractivity contribution in [3.05, 3.63) is 27.5 Å². The zero-order valence-corrected chi connectivity index (χ0v) is 11.9. The lowest BCUT2D eigenvalue weighted by molar-refractivity contribution is 0.580. The van der Waals surface area contributed by atoms with Gasteiger partial charge in [-0.25, -0.2) is 18.1 Å². The predicted molar refractivity (Wildman–Crippen MR) is 68.9 cm³/mol. The summed E-state index contributed by atoms with van der Waals surface area (Å²) in [6, 6.07) is 0. The second kappa shape index (κ2) is 4.79. The van der Waals surface area contributed by atoms with E-state index in [-0.39, 0.29) is 11.4 Å². The first-order chi connectivity index (χ1) is 8.40. The minimum absolute atomic E-state index is 0.199. The molecule has 0 atom stereocenters. The second-order valence-electron chi connectivity index (χ2n) is 3.95. The van der Waals surface area contributed by atoms with Crippen LogP contribution in [-0.4, -0.2) is 23.6 Å². The van der Waals surface area contributed by atoms with E-state index in [0.29, 0.717) is 11.4 Å². The molecule has 8 heteroatoms. The van der Waals surface area contributed by atoms with Gasteiger partial charge in [-0.15, -0.1) is 11.3 Å². The predicted octanol–water partition coefficient (Wildman–Crippen LogP) is 1.27. The third kappa shape index (κ3) is 2.60. The molecule has 0 spiro atoms. The van der Waals surface area contributed by atoms with Crippen molar-refractivity contribution >= 4 is 21.4 Å². The number of hydrogen-bond donors (Lipinski definition) is 2. The van der Waals surface area contributed by atoms with Gasteiger partial charge in [0.25, 0.3) is 0 Å². The fourth-order valence-electron chi connectivity index (χ4n) is 1.65. The van der Waals surface area contributed by atoms with Crippen LogP contribution in [-0.2, 0) is 16.6 Å². The molecular formula is C10H14N4O2S2. The largest absolute Gasteiger partial charge is 0.281 e. The smallest absolute Gasteiger partial charge is 0.244 e. The van der Waals surface area contributed by atoms with Crippen LogP contribution >= 0.6 is 11.3 Å². The van der Waals surface area contributed by atoms with Gasteiger partial charge in [0.2, 0.25) is 10.0 Å². The Hall–Kier alpha value is -1.25. The van der Waals surface area contributed by atoms with Gasteiger partial charge >= 0.3 is 0 Å². The van der Waals surface area contributed by atoms with Gasteiger partial charge in [-0.3, -0.25) is 5.10 Å². The normalized spacial score (nSPS) is 11.9. The Morgan fingerprint density at radius 1 is 1.39 bits per heavy atom. The van der Waals surface area contributed by atoms with Crippen LogP contribution in [0.25, 0.3) is 0 Å². The van der Waals surface area contributed by atoms with Crippen LogP contribution in [0.4, 0.5) is 0 Å². The summed E-state index contributed by atoms with van der Waals surface area (Å²) in [7, 11) is -3.54. The molecule has 2 aromatic heterocycles. The van der Waals surface area contributed by atoms with E-state index in [1.165, 1.54) is 11.3 Å². The lowest BCUT2D eigenvalue weighted by Gasteiger charge is -2.04. The summed E-state index contributed by atoms with van der Waals surface area (Å²) in [4.78, 5) is 5.39. The van der Waals surface area contributed by atoms with Crippen molar-refractivity contribution in [2.45, 2.75) is 32.2 Å². The van der Waals surface area contributed by atoms with Gasteiger partial charge in [0.1, 0.15) is 9.90 Å². The third-order valence-electron chi connectivity index (χ3n) is 2.41. The van der Waals surface area contributed by atoms with Crippen LogP contribution in [0.15, 0.2) is 11.1 Å². The van der Waals surface area contributed by atoms with Gasteiger partial charge in [-0.1, -0.05) is 0 Å². The summed E-state index contributed by atoms with van der Waals surface area (Å²) in [6.07, 6.45) is 1.72. The Bertz CT molecular complexity index is 638. The monoisotopic (exact) mass is 286 g/mol. The van der Waals surface area contributed by atoms with Gasteiger partial charge in [-0.05, 0) is 20.8 Å². The lowest BCUT2D eigenvalue weighted by atomic mass is 10.4. The highest BCUT2D eigenvalue weighted by Gasteiger charge is 2.22. The minimum atomic E-state index is -3.54. The number of rotatable bonds is 4. The van der Waals surface area contributed by atoms with Crippen molar-refractivity contribution in [1.29, 1.82) is 0 Å². The summed E-state index contributed by atoms with van der Waals surface area (Å²) in [5.74, 6) is 0. The first-order valence-corrected chi connectivity index (χ1v) is 7.62. The van der Waals surface area contributed by atoms with E-state index in [0.717, 1.165) is 9.88 Å². The maximum atomic E-state index is 12.1. The summed E-state index contributed by atoms with van der Waals surface area (Å²) >= 11 is 1.47. The standard InChI is InChI=1S/C10H14N4O2S2/c1-6-4-11-9(17-6)5-12-18(15,16)10-7(2)13-14-8(10)3/h4,12H,5H2,1-3H3,(H,13,14). The van der Waals surface area contributed by atoms with Crippen LogP contribution in [0.1, 0.15) is 21.3 Å². The van der Waals surface area contributed by atoms with Gasteiger partial charge in [0, 0.05) is 11.1 Å². The highest BCUT2D eigenvalue weighted by atomic mass is 32.2. The zero-order chi connectivity index (χ0) is 13.3. The van der Waals surface area contributed by atoms with Crippen LogP contribution in [0, 0.1) is 20.8 Å². The summed E-state index contributed by atoms with van der Waals surface area (Å²) in [6.45, 7) is 5.47. The Balaban J connectivity index is 2.18. The molecule has 0 unspecified atom stereocenters. The van der Waals surface area contributed by atoms with Crippen molar-refractivity contribution in [3.8, 4) is 0 Å². The molecule has 0 saturated carbocycles. The number of aromatic amines is 1. The Labute approximate surface area is 110 Å². The maximum absolute atomic E-state index is 12.1. The van der Waals surface area contributed by atoms with E-state index < -0.39 is 10.0 Å². The molecule has 0 aliphatic heterocycles. The molecule has 0 aliphatic carbocycles. The number of nitrogens with zero attached hydrogens (tertiary/aromatic N) is 2. The number of sulfonamides is 1. The second-order valence-corrected chi connectivity index (χ2v) is 6.98. The highest BCUT2D eigenvalue weighted by Crippen LogP contribution is 2.17. The number of H-pyrrole nitrogens is 1. The number of aryl methyl sites for hydroxylation is 3. The van der Waals surface area contributed by atoms with E-state index in [4.69, 9.17) is 0 Å². The molecule has 0 aliphatic rings. The van der Waals surface area contributed by atoms with Crippen LogP contribution in [0.5, 0.6) is 0 Å². The van der Waals surface area contributed by atoms with Crippen molar-refractivity contribution in [2.75, 3.05) is 0 Å². The van der Waals surface area contributed by atoms with Gasteiger partial charge < -0.3 is 0 Å². The summed E-state index contributed by atoms with van der Waals surface area (Å²) in [5, 5.41) is 7.29. The number of aromatic nitrogens is 3. The topological polar surface area (TPSA) is 87.7 Å².